The van der Waals surface area contributed by atoms with Crippen LogP contribution in [-0.4, -0.2) is 19.7 Å². The monoisotopic (exact) mass is 390 g/mol. The van der Waals surface area contributed by atoms with Gasteiger partial charge in [0.25, 0.3) is 5.56 Å². The Labute approximate surface area is 173 Å². The van der Waals surface area contributed by atoms with Crippen molar-refractivity contribution in [2.45, 2.75) is 0 Å². The van der Waals surface area contributed by atoms with Gasteiger partial charge in [-0.05, 0) is 36.4 Å². The molecule has 0 aliphatic rings. The van der Waals surface area contributed by atoms with Crippen molar-refractivity contribution in [1.82, 2.24) is 19.7 Å². The van der Waals surface area contributed by atoms with E-state index < -0.39 is 0 Å². The minimum atomic E-state index is -0.221. The molecule has 0 saturated heterocycles. The van der Waals surface area contributed by atoms with Crippen molar-refractivity contribution in [2.24, 2.45) is 0 Å². The predicted molar refractivity (Wildman–Crippen MR) is 120 cm³/mol. The van der Waals surface area contributed by atoms with Gasteiger partial charge in [-0.1, -0.05) is 60.7 Å². The molecule has 0 aliphatic heterocycles. The third kappa shape index (κ3) is 3.44. The number of aromatic nitrogens is 4. The largest absolute Gasteiger partial charge is 0.319 e. The van der Waals surface area contributed by atoms with Gasteiger partial charge in [0.05, 0.1) is 22.4 Å². The minimum absolute atomic E-state index is 0.221. The standard InChI is InChI=1S/C25H18N4O/c30-25-23(26-21-13-7-8-14-22(21)27-25)16-15-19-17-29(20-11-5-2-6-12-20)28-24(19)18-9-3-1-4-10-18/h1-17H,(H,27,30)/b16-15+. The summed E-state index contributed by atoms with van der Waals surface area (Å²) in [6.45, 7) is 0. The third-order valence-corrected chi connectivity index (χ3v) is 4.86. The molecule has 5 nitrogen and oxygen atoms in total. The highest BCUT2D eigenvalue weighted by Crippen LogP contribution is 2.25. The van der Waals surface area contributed by atoms with Crippen LogP contribution in [0, 0.1) is 0 Å². The first-order valence-corrected chi connectivity index (χ1v) is 9.65. The number of nitrogens with zero attached hydrogens (tertiary/aromatic N) is 3. The maximum atomic E-state index is 12.4. The number of hydrogen-bond donors (Lipinski definition) is 1. The lowest BCUT2D eigenvalue weighted by Crippen LogP contribution is -2.11. The summed E-state index contributed by atoms with van der Waals surface area (Å²) in [5, 5.41) is 4.79. The van der Waals surface area contributed by atoms with Gasteiger partial charge in [0, 0.05) is 17.3 Å². The predicted octanol–water partition coefficient (Wildman–Crippen LogP) is 4.95. The van der Waals surface area contributed by atoms with Crippen LogP contribution in [0.5, 0.6) is 0 Å². The molecule has 0 radical (unpaired) electrons. The fourth-order valence-electron chi connectivity index (χ4n) is 3.37. The molecule has 5 rings (SSSR count). The van der Waals surface area contributed by atoms with E-state index in [2.05, 4.69) is 9.97 Å². The molecule has 0 spiro atoms. The number of para-hydroxylation sites is 3. The molecule has 0 aliphatic carbocycles. The lowest BCUT2D eigenvalue weighted by atomic mass is 10.1. The summed E-state index contributed by atoms with van der Waals surface area (Å²) in [6, 6.07) is 27.4. The summed E-state index contributed by atoms with van der Waals surface area (Å²) in [6.07, 6.45) is 5.59. The zero-order valence-electron chi connectivity index (χ0n) is 16.1. The van der Waals surface area contributed by atoms with Gasteiger partial charge in [-0.15, -0.1) is 0 Å². The molecule has 0 saturated carbocycles. The van der Waals surface area contributed by atoms with E-state index in [1.807, 2.05) is 102 Å². The first kappa shape index (κ1) is 17.8. The van der Waals surface area contributed by atoms with Crippen LogP contribution in [0.1, 0.15) is 11.3 Å². The number of nitrogens with one attached hydrogen (secondary N) is 1. The van der Waals surface area contributed by atoms with E-state index in [9.17, 15) is 4.79 Å². The molecule has 0 amide bonds. The van der Waals surface area contributed by atoms with Crippen LogP contribution in [0.2, 0.25) is 0 Å². The van der Waals surface area contributed by atoms with Crippen molar-refractivity contribution in [3.8, 4) is 16.9 Å². The van der Waals surface area contributed by atoms with Crippen LogP contribution in [0.3, 0.4) is 0 Å². The maximum Gasteiger partial charge on any atom is 0.274 e. The molecule has 144 valence electrons. The molecule has 30 heavy (non-hydrogen) atoms. The van der Waals surface area contributed by atoms with Gasteiger partial charge in [-0.25, -0.2) is 9.67 Å². The Morgan fingerprint density at radius 3 is 2.30 bits per heavy atom. The average molecular weight is 390 g/mol. The third-order valence-electron chi connectivity index (χ3n) is 4.86. The fraction of sp³-hybridized carbons (Fsp3) is 0. The van der Waals surface area contributed by atoms with Gasteiger partial charge >= 0.3 is 0 Å². The molecule has 3 aromatic carbocycles. The van der Waals surface area contributed by atoms with Gasteiger partial charge < -0.3 is 4.98 Å². The van der Waals surface area contributed by atoms with E-state index in [1.165, 1.54) is 0 Å². The lowest BCUT2D eigenvalue weighted by molar-refractivity contribution is 0.884. The van der Waals surface area contributed by atoms with Crippen LogP contribution in [0.15, 0.2) is 95.9 Å². The molecule has 5 heteroatoms. The van der Waals surface area contributed by atoms with Crippen molar-refractivity contribution in [2.75, 3.05) is 0 Å². The van der Waals surface area contributed by atoms with Gasteiger partial charge in [-0.3, -0.25) is 4.79 Å². The van der Waals surface area contributed by atoms with E-state index in [0.29, 0.717) is 5.69 Å². The molecule has 0 unspecified atom stereocenters. The quantitative estimate of drug-likeness (QED) is 0.472. The topological polar surface area (TPSA) is 63.6 Å². The summed E-state index contributed by atoms with van der Waals surface area (Å²) in [7, 11) is 0. The van der Waals surface area contributed by atoms with Crippen LogP contribution in [0.25, 0.3) is 40.1 Å². The number of aromatic amines is 1. The summed E-state index contributed by atoms with van der Waals surface area (Å²) in [5.41, 5.74) is 5.33. The van der Waals surface area contributed by atoms with E-state index in [1.54, 1.807) is 6.08 Å². The number of H-pyrrole nitrogens is 1. The maximum absolute atomic E-state index is 12.4. The zero-order chi connectivity index (χ0) is 20.3. The Morgan fingerprint density at radius 1 is 0.800 bits per heavy atom. The van der Waals surface area contributed by atoms with E-state index in [-0.39, 0.29) is 5.56 Å². The first-order valence-electron chi connectivity index (χ1n) is 9.65. The molecular weight excluding hydrogens is 372 g/mol. The number of fused-ring (bicyclic) bond motifs is 1. The Morgan fingerprint density at radius 2 is 1.50 bits per heavy atom. The average Bonchev–Trinajstić information content (AvgIpc) is 3.23. The van der Waals surface area contributed by atoms with Gasteiger partial charge in [0.15, 0.2) is 0 Å². The second-order valence-corrected chi connectivity index (χ2v) is 6.88. The summed E-state index contributed by atoms with van der Waals surface area (Å²) >= 11 is 0. The van der Waals surface area contributed by atoms with Crippen molar-refractivity contribution >= 4 is 23.2 Å². The number of hydrogen-bond acceptors (Lipinski definition) is 3. The second kappa shape index (κ2) is 7.64. The molecule has 2 heterocycles. The molecular formula is C25H18N4O. The zero-order valence-corrected chi connectivity index (χ0v) is 16.1. The Balaban J connectivity index is 1.60. The molecule has 0 atom stereocenters. The summed E-state index contributed by atoms with van der Waals surface area (Å²) in [4.78, 5) is 19.8. The Kier molecular flexibility index (Phi) is 4.54. The highest BCUT2D eigenvalue weighted by molar-refractivity contribution is 5.80. The van der Waals surface area contributed by atoms with Crippen molar-refractivity contribution in [1.29, 1.82) is 0 Å². The first-order chi connectivity index (χ1) is 14.8. The smallest absolute Gasteiger partial charge is 0.274 e. The molecule has 1 N–H and O–H groups in total. The van der Waals surface area contributed by atoms with Gasteiger partial charge in [-0.2, -0.15) is 5.10 Å². The van der Waals surface area contributed by atoms with Crippen LogP contribution in [0.4, 0.5) is 0 Å². The van der Waals surface area contributed by atoms with Crippen molar-refractivity contribution in [3.63, 3.8) is 0 Å². The molecule has 0 bridgehead atoms. The Hall–Kier alpha value is -4.25. The lowest BCUT2D eigenvalue weighted by Gasteiger charge is -2.00. The number of benzene rings is 3. The SMILES string of the molecule is O=c1[nH]c2ccccc2nc1/C=C/c1cn(-c2ccccc2)nc1-c1ccccc1. The highest BCUT2D eigenvalue weighted by atomic mass is 16.1. The van der Waals surface area contributed by atoms with Crippen LogP contribution >= 0.6 is 0 Å². The normalized spacial score (nSPS) is 11.3. The summed E-state index contributed by atoms with van der Waals surface area (Å²) < 4.78 is 1.85. The molecule has 2 aromatic heterocycles. The second-order valence-electron chi connectivity index (χ2n) is 6.88. The van der Waals surface area contributed by atoms with Crippen LogP contribution in [-0.2, 0) is 0 Å². The van der Waals surface area contributed by atoms with E-state index in [0.717, 1.165) is 33.5 Å². The fourth-order valence-corrected chi connectivity index (χ4v) is 3.37. The van der Waals surface area contributed by atoms with Gasteiger partial charge in [0.2, 0.25) is 0 Å². The van der Waals surface area contributed by atoms with E-state index >= 15 is 0 Å². The van der Waals surface area contributed by atoms with Crippen LogP contribution < -0.4 is 5.56 Å². The van der Waals surface area contributed by atoms with Gasteiger partial charge in [0.1, 0.15) is 5.69 Å². The Bertz CT molecular complexity index is 1400. The molecule has 0 fully saturated rings. The minimum Gasteiger partial charge on any atom is -0.319 e. The number of rotatable bonds is 4. The van der Waals surface area contributed by atoms with Crippen molar-refractivity contribution in [3.05, 3.63) is 113 Å². The van der Waals surface area contributed by atoms with E-state index in [4.69, 9.17) is 5.10 Å². The summed E-state index contributed by atoms with van der Waals surface area (Å²) in [5.74, 6) is 0. The highest BCUT2D eigenvalue weighted by Gasteiger charge is 2.11. The molecule has 5 aromatic rings. The van der Waals surface area contributed by atoms with Crippen molar-refractivity contribution < 1.29 is 0 Å².